The Morgan fingerprint density at radius 3 is 2.41 bits per heavy atom. The summed E-state index contributed by atoms with van der Waals surface area (Å²) in [5.41, 5.74) is 4.60. The topological polar surface area (TPSA) is 67.7 Å². The molecule has 3 rings (SSSR count). The number of rotatable bonds is 8. The second-order valence-corrected chi connectivity index (χ2v) is 7.39. The maximum atomic E-state index is 11.9. The van der Waals surface area contributed by atoms with Crippen molar-refractivity contribution in [2.24, 2.45) is 4.99 Å². The van der Waals surface area contributed by atoms with Gasteiger partial charge in [0.1, 0.15) is 5.75 Å². The summed E-state index contributed by atoms with van der Waals surface area (Å²) in [5.74, 6) is 1.68. The van der Waals surface area contributed by atoms with Crippen molar-refractivity contribution in [1.29, 1.82) is 0 Å². The third-order valence-corrected chi connectivity index (χ3v) is 5.14. The zero-order chi connectivity index (χ0) is 22.1. The van der Waals surface area contributed by atoms with E-state index in [0.29, 0.717) is 13.1 Å². The fraction of sp³-hybridized carbons (Fsp3) is 0.280. The number of aromatic nitrogens is 1. The number of benzene rings is 2. The van der Waals surface area contributed by atoms with Crippen LogP contribution >= 0.6 is 24.0 Å². The van der Waals surface area contributed by atoms with Gasteiger partial charge in [-0.05, 0) is 47.7 Å². The highest BCUT2D eigenvalue weighted by Crippen LogP contribution is 2.19. The minimum absolute atomic E-state index is 0. The molecule has 0 radical (unpaired) electrons. The fourth-order valence-corrected chi connectivity index (χ4v) is 3.30. The molecule has 0 bridgehead atoms. The Labute approximate surface area is 206 Å². The lowest BCUT2D eigenvalue weighted by molar-refractivity contribution is 0.411. The Bertz CT molecular complexity index is 1080. The molecular formula is C25H31IN4O2. The van der Waals surface area contributed by atoms with Gasteiger partial charge in [-0.25, -0.2) is 0 Å². The van der Waals surface area contributed by atoms with Gasteiger partial charge >= 0.3 is 0 Å². The van der Waals surface area contributed by atoms with Gasteiger partial charge in [0.25, 0.3) is 5.56 Å². The van der Waals surface area contributed by atoms with E-state index in [0.717, 1.165) is 41.4 Å². The Morgan fingerprint density at radius 1 is 1.00 bits per heavy atom. The number of ether oxygens (including phenoxy) is 1. The molecule has 1 heterocycles. The highest BCUT2D eigenvalue weighted by Gasteiger charge is 2.03. The van der Waals surface area contributed by atoms with Crippen LogP contribution in [0.2, 0.25) is 0 Å². The van der Waals surface area contributed by atoms with Crippen LogP contribution in [0.15, 0.2) is 76.6 Å². The largest absolute Gasteiger partial charge is 0.496 e. The monoisotopic (exact) mass is 546 g/mol. The van der Waals surface area contributed by atoms with Crippen molar-refractivity contribution in [3.63, 3.8) is 0 Å². The molecule has 0 saturated heterocycles. The van der Waals surface area contributed by atoms with E-state index in [1.165, 1.54) is 5.56 Å². The van der Waals surface area contributed by atoms with Crippen molar-refractivity contribution in [3.05, 3.63) is 99.5 Å². The molecule has 0 aliphatic rings. The van der Waals surface area contributed by atoms with Crippen LogP contribution in [-0.4, -0.2) is 31.2 Å². The summed E-state index contributed by atoms with van der Waals surface area (Å²) in [6.45, 7) is 4.06. The lowest BCUT2D eigenvalue weighted by Gasteiger charge is -2.13. The molecule has 6 nitrogen and oxygen atoms in total. The predicted molar refractivity (Wildman–Crippen MR) is 141 cm³/mol. The van der Waals surface area contributed by atoms with Gasteiger partial charge in [-0.2, -0.15) is 0 Å². The minimum atomic E-state index is 0. The molecular weight excluding hydrogens is 515 g/mol. The number of methoxy groups -OCH3 is 1. The molecule has 0 amide bonds. The average Bonchev–Trinajstić information content (AvgIpc) is 2.79. The summed E-state index contributed by atoms with van der Waals surface area (Å²) in [6, 6.07) is 19.7. The molecule has 170 valence electrons. The van der Waals surface area contributed by atoms with Crippen molar-refractivity contribution in [3.8, 4) is 5.75 Å². The van der Waals surface area contributed by atoms with E-state index in [-0.39, 0.29) is 29.5 Å². The Morgan fingerprint density at radius 2 is 1.72 bits per heavy atom. The van der Waals surface area contributed by atoms with Crippen LogP contribution in [0.3, 0.4) is 0 Å². The number of halogens is 1. The number of guanidine groups is 1. The Kier molecular flexibility index (Phi) is 10.3. The maximum Gasteiger partial charge on any atom is 0.250 e. The van der Waals surface area contributed by atoms with Gasteiger partial charge in [0.05, 0.1) is 13.7 Å². The zero-order valence-corrected chi connectivity index (χ0v) is 21.1. The van der Waals surface area contributed by atoms with Crippen molar-refractivity contribution in [2.45, 2.75) is 26.4 Å². The number of aryl methyl sites for hydroxylation is 1. The summed E-state index contributed by atoms with van der Waals surface area (Å²) >= 11 is 0. The van der Waals surface area contributed by atoms with Crippen molar-refractivity contribution < 1.29 is 4.74 Å². The number of hydrogen-bond acceptors (Lipinski definition) is 3. The molecule has 0 saturated carbocycles. The molecule has 0 aliphatic heterocycles. The summed E-state index contributed by atoms with van der Waals surface area (Å²) in [6.07, 6.45) is 2.69. The molecule has 0 atom stereocenters. The molecule has 7 heteroatoms. The third-order valence-electron chi connectivity index (χ3n) is 5.14. The molecule has 2 N–H and O–H groups in total. The first-order valence-electron chi connectivity index (χ1n) is 10.4. The lowest BCUT2D eigenvalue weighted by Crippen LogP contribution is -2.37. The van der Waals surface area contributed by atoms with Gasteiger partial charge in [0.15, 0.2) is 5.96 Å². The molecule has 1 aromatic heterocycles. The molecule has 0 aliphatic carbocycles. The Balaban J connectivity index is 0.00000363. The lowest BCUT2D eigenvalue weighted by atomic mass is 10.1. The van der Waals surface area contributed by atoms with Crippen LogP contribution in [0.4, 0.5) is 0 Å². The van der Waals surface area contributed by atoms with Gasteiger partial charge < -0.3 is 19.9 Å². The third kappa shape index (κ3) is 7.40. The number of nitrogens with one attached hydrogen (secondary N) is 2. The van der Waals surface area contributed by atoms with Gasteiger partial charge in [-0.3, -0.25) is 9.79 Å². The Hall–Kier alpha value is -2.81. The summed E-state index contributed by atoms with van der Waals surface area (Å²) in [7, 11) is 3.47. The van der Waals surface area contributed by atoms with Gasteiger partial charge in [0, 0.05) is 32.4 Å². The van der Waals surface area contributed by atoms with Gasteiger partial charge in [-0.1, -0.05) is 42.5 Å². The van der Waals surface area contributed by atoms with Crippen molar-refractivity contribution in [1.82, 2.24) is 15.2 Å². The average molecular weight is 546 g/mol. The molecule has 32 heavy (non-hydrogen) atoms. The second kappa shape index (κ2) is 12.9. The summed E-state index contributed by atoms with van der Waals surface area (Å²) in [5, 5.41) is 6.69. The first kappa shape index (κ1) is 25.5. The van der Waals surface area contributed by atoms with Gasteiger partial charge in [-0.15, -0.1) is 24.0 Å². The zero-order valence-electron chi connectivity index (χ0n) is 18.8. The maximum absolute atomic E-state index is 11.9. The molecule has 0 spiro atoms. The molecule has 2 aromatic carbocycles. The highest BCUT2D eigenvalue weighted by molar-refractivity contribution is 14.0. The second-order valence-electron chi connectivity index (χ2n) is 7.39. The minimum Gasteiger partial charge on any atom is -0.496 e. The first-order valence-corrected chi connectivity index (χ1v) is 10.4. The standard InChI is InChI=1S/C25H30N4O2.HI/c1-19-7-8-20(16-23(19)31-3)13-14-27-25(26-2)28-17-21-9-11-22(12-10-21)18-29-15-5-4-6-24(29)30;/h4-12,15-16H,13-14,17-18H2,1-3H3,(H2,26,27,28);1H. The number of aliphatic imine (C=N–C) groups is 1. The molecule has 0 unspecified atom stereocenters. The number of nitrogens with zero attached hydrogens (tertiary/aromatic N) is 2. The van der Waals surface area contributed by atoms with Crippen LogP contribution in [0.1, 0.15) is 22.3 Å². The van der Waals surface area contributed by atoms with Crippen LogP contribution in [-0.2, 0) is 19.5 Å². The van der Waals surface area contributed by atoms with E-state index in [1.807, 2.05) is 13.0 Å². The SMILES string of the molecule is CN=C(NCCc1ccc(C)c(OC)c1)NCc1ccc(Cn2ccccc2=O)cc1.I. The smallest absolute Gasteiger partial charge is 0.250 e. The highest BCUT2D eigenvalue weighted by atomic mass is 127. The number of hydrogen-bond donors (Lipinski definition) is 2. The number of pyridine rings is 1. The normalized spacial score (nSPS) is 10.9. The summed E-state index contributed by atoms with van der Waals surface area (Å²) < 4.78 is 7.09. The van der Waals surface area contributed by atoms with Crippen LogP contribution < -0.4 is 20.9 Å². The fourth-order valence-electron chi connectivity index (χ4n) is 3.30. The molecule has 3 aromatic rings. The molecule has 0 fully saturated rings. The van der Waals surface area contributed by atoms with Crippen molar-refractivity contribution in [2.75, 3.05) is 20.7 Å². The van der Waals surface area contributed by atoms with Gasteiger partial charge in [0.2, 0.25) is 0 Å². The van der Waals surface area contributed by atoms with E-state index < -0.39 is 0 Å². The van der Waals surface area contributed by atoms with Crippen LogP contribution in [0.25, 0.3) is 0 Å². The van der Waals surface area contributed by atoms with Crippen molar-refractivity contribution >= 4 is 29.9 Å². The van der Waals surface area contributed by atoms with Crippen LogP contribution in [0, 0.1) is 6.92 Å². The van der Waals surface area contributed by atoms with E-state index in [2.05, 4.69) is 58.1 Å². The summed E-state index contributed by atoms with van der Waals surface area (Å²) in [4.78, 5) is 16.1. The van der Waals surface area contributed by atoms with E-state index in [1.54, 1.807) is 37.1 Å². The quantitative estimate of drug-likeness (QED) is 0.257. The van der Waals surface area contributed by atoms with Crippen LogP contribution in [0.5, 0.6) is 5.75 Å². The van der Waals surface area contributed by atoms with E-state index >= 15 is 0 Å². The van der Waals surface area contributed by atoms with E-state index in [4.69, 9.17) is 4.74 Å². The first-order chi connectivity index (χ1) is 15.1. The predicted octanol–water partition coefficient (Wildman–Crippen LogP) is 3.74. The van der Waals surface area contributed by atoms with E-state index in [9.17, 15) is 4.79 Å².